The summed E-state index contributed by atoms with van der Waals surface area (Å²) in [4.78, 5) is 25.3. The zero-order valence-corrected chi connectivity index (χ0v) is 13.2. The number of rotatable bonds is 8. The topological polar surface area (TPSA) is 63.4 Å². The van der Waals surface area contributed by atoms with Crippen LogP contribution in [0.15, 0.2) is 60.7 Å². The van der Waals surface area contributed by atoms with E-state index in [9.17, 15) is 9.59 Å². The number of amides is 2. The SMILES string of the molecule is NC(=O)CCN(CCc1ccccc1)C(=O)Cc1ccccc1. The Balaban J connectivity index is 1.97. The molecular weight excluding hydrogens is 288 g/mol. The molecule has 0 atom stereocenters. The van der Waals surface area contributed by atoms with E-state index in [0.717, 1.165) is 12.0 Å². The lowest BCUT2D eigenvalue weighted by Gasteiger charge is -2.22. The van der Waals surface area contributed by atoms with Gasteiger partial charge in [-0.05, 0) is 17.5 Å². The van der Waals surface area contributed by atoms with Gasteiger partial charge in [-0.2, -0.15) is 0 Å². The Labute approximate surface area is 136 Å². The molecule has 120 valence electrons. The molecule has 4 nitrogen and oxygen atoms in total. The van der Waals surface area contributed by atoms with Gasteiger partial charge in [-0.3, -0.25) is 9.59 Å². The number of benzene rings is 2. The highest BCUT2D eigenvalue weighted by Crippen LogP contribution is 2.06. The molecule has 0 fully saturated rings. The third-order valence-electron chi connectivity index (χ3n) is 3.69. The van der Waals surface area contributed by atoms with E-state index in [1.165, 1.54) is 5.56 Å². The second kappa shape index (κ2) is 8.73. The molecule has 0 aromatic heterocycles. The monoisotopic (exact) mass is 310 g/mol. The van der Waals surface area contributed by atoms with Gasteiger partial charge in [0.2, 0.25) is 11.8 Å². The molecule has 0 aliphatic carbocycles. The van der Waals surface area contributed by atoms with Gasteiger partial charge in [0.05, 0.1) is 6.42 Å². The average Bonchev–Trinajstić information content (AvgIpc) is 2.56. The molecule has 0 saturated carbocycles. The van der Waals surface area contributed by atoms with Gasteiger partial charge in [0.25, 0.3) is 0 Å². The van der Waals surface area contributed by atoms with E-state index in [4.69, 9.17) is 5.73 Å². The Morgan fingerprint density at radius 3 is 1.96 bits per heavy atom. The summed E-state index contributed by atoms with van der Waals surface area (Å²) in [5, 5.41) is 0. The Morgan fingerprint density at radius 1 is 0.826 bits per heavy atom. The lowest BCUT2D eigenvalue weighted by atomic mass is 10.1. The van der Waals surface area contributed by atoms with Crippen LogP contribution in [0.3, 0.4) is 0 Å². The molecule has 0 aliphatic heterocycles. The van der Waals surface area contributed by atoms with E-state index in [0.29, 0.717) is 19.5 Å². The first-order valence-electron chi connectivity index (χ1n) is 7.79. The Hall–Kier alpha value is -2.62. The Morgan fingerprint density at radius 2 is 1.39 bits per heavy atom. The van der Waals surface area contributed by atoms with Crippen LogP contribution in [0.5, 0.6) is 0 Å². The van der Waals surface area contributed by atoms with Gasteiger partial charge in [-0.25, -0.2) is 0 Å². The van der Waals surface area contributed by atoms with Crippen LogP contribution in [0, 0.1) is 0 Å². The summed E-state index contributed by atoms with van der Waals surface area (Å²) in [5.74, 6) is -0.365. The fourth-order valence-corrected chi connectivity index (χ4v) is 2.40. The maximum atomic E-state index is 12.5. The normalized spacial score (nSPS) is 10.3. The van der Waals surface area contributed by atoms with Crippen molar-refractivity contribution in [3.8, 4) is 0 Å². The van der Waals surface area contributed by atoms with Crippen LogP contribution in [0.4, 0.5) is 0 Å². The highest BCUT2D eigenvalue weighted by Gasteiger charge is 2.14. The van der Waals surface area contributed by atoms with E-state index in [-0.39, 0.29) is 18.2 Å². The van der Waals surface area contributed by atoms with E-state index in [1.807, 2.05) is 60.7 Å². The minimum atomic E-state index is -0.387. The summed E-state index contributed by atoms with van der Waals surface area (Å²) in [6.07, 6.45) is 1.30. The van der Waals surface area contributed by atoms with Crippen LogP contribution < -0.4 is 5.73 Å². The lowest BCUT2D eigenvalue weighted by Crippen LogP contribution is -2.36. The Bertz CT molecular complexity index is 626. The molecule has 0 unspecified atom stereocenters. The molecule has 0 radical (unpaired) electrons. The second-order valence-electron chi connectivity index (χ2n) is 5.50. The maximum Gasteiger partial charge on any atom is 0.227 e. The molecule has 4 heteroatoms. The predicted molar refractivity (Wildman–Crippen MR) is 90.7 cm³/mol. The number of nitrogens with zero attached hydrogens (tertiary/aromatic N) is 1. The molecule has 0 aliphatic rings. The minimum absolute atomic E-state index is 0.0216. The van der Waals surface area contributed by atoms with Crippen molar-refractivity contribution in [3.63, 3.8) is 0 Å². The number of carbonyl (C=O) groups excluding carboxylic acids is 2. The van der Waals surface area contributed by atoms with Crippen molar-refractivity contribution in [2.75, 3.05) is 13.1 Å². The van der Waals surface area contributed by atoms with Crippen molar-refractivity contribution in [1.82, 2.24) is 4.90 Å². The fraction of sp³-hybridized carbons (Fsp3) is 0.263. The Kier molecular flexibility index (Phi) is 6.36. The van der Waals surface area contributed by atoms with Crippen LogP contribution >= 0.6 is 0 Å². The standard InChI is InChI=1S/C19H22N2O2/c20-18(22)12-14-21(13-11-16-7-3-1-4-8-16)19(23)15-17-9-5-2-6-10-17/h1-10H,11-15H2,(H2,20,22). The van der Waals surface area contributed by atoms with Crippen LogP contribution in [0.1, 0.15) is 17.5 Å². The van der Waals surface area contributed by atoms with Crippen molar-refractivity contribution >= 4 is 11.8 Å². The molecule has 23 heavy (non-hydrogen) atoms. The van der Waals surface area contributed by atoms with Gasteiger partial charge < -0.3 is 10.6 Å². The van der Waals surface area contributed by atoms with Crippen LogP contribution in [0.2, 0.25) is 0 Å². The summed E-state index contributed by atoms with van der Waals surface area (Å²) in [7, 11) is 0. The molecule has 2 aromatic rings. The molecule has 0 saturated heterocycles. The van der Waals surface area contributed by atoms with Crippen molar-refractivity contribution in [2.24, 2.45) is 5.73 Å². The number of hydrogen-bond donors (Lipinski definition) is 1. The van der Waals surface area contributed by atoms with Crippen molar-refractivity contribution < 1.29 is 9.59 Å². The molecule has 2 rings (SSSR count). The van der Waals surface area contributed by atoms with Crippen molar-refractivity contribution in [3.05, 3.63) is 71.8 Å². The van der Waals surface area contributed by atoms with Gasteiger partial charge in [0.1, 0.15) is 0 Å². The van der Waals surface area contributed by atoms with E-state index in [1.54, 1.807) is 4.90 Å². The second-order valence-corrected chi connectivity index (χ2v) is 5.50. The quantitative estimate of drug-likeness (QED) is 0.812. The van der Waals surface area contributed by atoms with E-state index < -0.39 is 0 Å². The zero-order valence-electron chi connectivity index (χ0n) is 13.2. The van der Waals surface area contributed by atoms with Gasteiger partial charge in [-0.1, -0.05) is 60.7 Å². The minimum Gasteiger partial charge on any atom is -0.370 e. The average molecular weight is 310 g/mol. The first kappa shape index (κ1) is 16.7. The van der Waals surface area contributed by atoms with Crippen LogP contribution in [0.25, 0.3) is 0 Å². The van der Waals surface area contributed by atoms with E-state index in [2.05, 4.69) is 0 Å². The molecule has 2 aromatic carbocycles. The molecule has 0 bridgehead atoms. The highest BCUT2D eigenvalue weighted by atomic mass is 16.2. The number of carbonyl (C=O) groups is 2. The summed E-state index contributed by atoms with van der Waals surface area (Å²) < 4.78 is 0. The molecule has 0 spiro atoms. The summed E-state index contributed by atoms with van der Waals surface area (Å²) in [6, 6.07) is 19.6. The number of hydrogen-bond acceptors (Lipinski definition) is 2. The largest absolute Gasteiger partial charge is 0.370 e. The highest BCUT2D eigenvalue weighted by molar-refractivity contribution is 5.80. The molecule has 2 amide bonds. The van der Waals surface area contributed by atoms with Crippen molar-refractivity contribution in [2.45, 2.75) is 19.3 Å². The third-order valence-corrected chi connectivity index (χ3v) is 3.69. The predicted octanol–water partition coefficient (Wildman–Crippen LogP) is 2.18. The van der Waals surface area contributed by atoms with E-state index >= 15 is 0 Å². The van der Waals surface area contributed by atoms with Crippen LogP contribution in [-0.2, 0) is 22.4 Å². The number of primary amides is 1. The molecule has 0 heterocycles. The summed E-state index contributed by atoms with van der Waals surface area (Å²) in [5.41, 5.74) is 7.37. The number of nitrogens with two attached hydrogens (primary N) is 1. The third kappa shape index (κ3) is 5.94. The smallest absolute Gasteiger partial charge is 0.227 e. The molecule has 2 N–H and O–H groups in total. The fourth-order valence-electron chi connectivity index (χ4n) is 2.40. The molecular formula is C19H22N2O2. The van der Waals surface area contributed by atoms with Crippen LogP contribution in [-0.4, -0.2) is 29.8 Å². The first-order valence-corrected chi connectivity index (χ1v) is 7.79. The van der Waals surface area contributed by atoms with Gasteiger partial charge in [0, 0.05) is 19.5 Å². The van der Waals surface area contributed by atoms with Gasteiger partial charge >= 0.3 is 0 Å². The lowest BCUT2D eigenvalue weighted by molar-refractivity contribution is -0.131. The van der Waals surface area contributed by atoms with Gasteiger partial charge in [0.15, 0.2) is 0 Å². The van der Waals surface area contributed by atoms with Gasteiger partial charge in [-0.15, -0.1) is 0 Å². The first-order chi connectivity index (χ1) is 11.1. The zero-order chi connectivity index (χ0) is 16.5. The van der Waals surface area contributed by atoms with Crippen molar-refractivity contribution in [1.29, 1.82) is 0 Å². The summed E-state index contributed by atoms with van der Waals surface area (Å²) in [6.45, 7) is 0.955. The maximum absolute atomic E-state index is 12.5. The summed E-state index contributed by atoms with van der Waals surface area (Å²) >= 11 is 0.